The number of rotatable bonds is 10. The summed E-state index contributed by atoms with van der Waals surface area (Å²) in [6, 6.07) is 0. The molecule has 0 saturated heterocycles. The van der Waals surface area contributed by atoms with E-state index in [2.05, 4.69) is 27.7 Å². The highest BCUT2D eigenvalue weighted by Crippen LogP contribution is 2.13. The molecule has 19 heavy (non-hydrogen) atoms. The fourth-order valence-electron chi connectivity index (χ4n) is 1.73. The molecule has 0 aromatic rings. The Bertz CT molecular complexity index is 248. The second-order valence-electron chi connectivity index (χ2n) is 6.48. The van der Waals surface area contributed by atoms with Crippen LogP contribution in [0.1, 0.15) is 79.1 Å². The molecule has 0 heterocycles. The summed E-state index contributed by atoms with van der Waals surface area (Å²) in [5.74, 6) is -0.210. The molecule has 0 saturated carbocycles. The number of carbonyl (C=O) groups is 1. The zero-order valence-electron chi connectivity index (χ0n) is 13.3. The van der Waals surface area contributed by atoms with E-state index in [0.717, 1.165) is 6.42 Å². The Morgan fingerprint density at radius 1 is 1.00 bits per heavy atom. The van der Waals surface area contributed by atoms with Crippen molar-refractivity contribution in [3.05, 3.63) is 12.2 Å². The molecule has 0 aromatic carbocycles. The molecule has 0 amide bonds. The minimum absolute atomic E-state index is 0.0436. The van der Waals surface area contributed by atoms with Gasteiger partial charge in [-0.15, -0.1) is 0 Å². The van der Waals surface area contributed by atoms with Gasteiger partial charge in [0.15, 0.2) is 0 Å². The van der Waals surface area contributed by atoms with E-state index >= 15 is 0 Å². The highest BCUT2D eigenvalue weighted by Gasteiger charge is 2.11. The van der Waals surface area contributed by atoms with Gasteiger partial charge < -0.3 is 4.74 Å². The summed E-state index contributed by atoms with van der Waals surface area (Å²) in [5, 5.41) is 0. The third-order valence-electron chi connectivity index (χ3n) is 2.88. The van der Waals surface area contributed by atoms with Crippen LogP contribution in [0.5, 0.6) is 0 Å². The van der Waals surface area contributed by atoms with Crippen LogP contribution in [0.15, 0.2) is 12.2 Å². The Labute approximate surface area is 119 Å². The van der Waals surface area contributed by atoms with Crippen molar-refractivity contribution in [3.8, 4) is 0 Å². The van der Waals surface area contributed by atoms with Gasteiger partial charge in [0.25, 0.3) is 0 Å². The highest BCUT2D eigenvalue weighted by molar-refractivity contribution is 5.81. The van der Waals surface area contributed by atoms with E-state index in [1.165, 1.54) is 44.9 Å². The number of hydrogen-bond donors (Lipinski definition) is 0. The summed E-state index contributed by atoms with van der Waals surface area (Å²) in [6.07, 6.45) is 13.6. The lowest BCUT2D eigenvalue weighted by Gasteiger charge is -2.16. The first-order valence-corrected chi connectivity index (χ1v) is 7.79. The molecule has 0 atom stereocenters. The molecule has 0 spiro atoms. The first-order valence-electron chi connectivity index (χ1n) is 7.79. The van der Waals surface area contributed by atoms with Crippen molar-refractivity contribution in [1.29, 1.82) is 0 Å². The summed E-state index contributed by atoms with van der Waals surface area (Å²) in [4.78, 5) is 11.4. The van der Waals surface area contributed by atoms with Gasteiger partial charge >= 0.3 is 5.97 Å². The number of ether oxygens (including phenoxy) is 1. The summed E-state index contributed by atoms with van der Waals surface area (Å²) < 4.78 is 5.15. The molecular weight excluding hydrogens is 236 g/mol. The molecule has 0 aliphatic rings. The van der Waals surface area contributed by atoms with Crippen molar-refractivity contribution in [1.82, 2.24) is 0 Å². The van der Waals surface area contributed by atoms with Crippen LogP contribution in [0.3, 0.4) is 0 Å². The maximum atomic E-state index is 11.4. The maximum Gasteiger partial charge on any atom is 0.330 e. The van der Waals surface area contributed by atoms with Crippen LogP contribution in [0.2, 0.25) is 0 Å². The molecule has 0 bridgehead atoms. The molecule has 0 fully saturated rings. The number of allylic oxidation sites excluding steroid dienone is 1. The van der Waals surface area contributed by atoms with Crippen molar-refractivity contribution in [3.63, 3.8) is 0 Å². The topological polar surface area (TPSA) is 26.3 Å². The Balaban J connectivity index is 3.40. The lowest BCUT2D eigenvalue weighted by molar-refractivity contribution is -0.140. The molecular formula is C17H32O2. The lowest BCUT2D eigenvalue weighted by atomic mass is 9.99. The van der Waals surface area contributed by atoms with Gasteiger partial charge in [0, 0.05) is 6.08 Å². The van der Waals surface area contributed by atoms with Gasteiger partial charge in [0.1, 0.15) is 0 Å². The maximum absolute atomic E-state index is 11.4. The first-order chi connectivity index (χ1) is 8.95. The molecule has 0 rings (SSSR count). The molecule has 0 aliphatic carbocycles. The van der Waals surface area contributed by atoms with E-state index in [-0.39, 0.29) is 11.4 Å². The predicted molar refractivity (Wildman–Crippen MR) is 82.2 cm³/mol. The second kappa shape index (κ2) is 11.1. The van der Waals surface area contributed by atoms with Gasteiger partial charge in [-0.25, -0.2) is 4.79 Å². The molecule has 0 unspecified atom stereocenters. The number of carbonyl (C=O) groups excluding carboxylic acids is 1. The first kappa shape index (κ1) is 18.2. The Morgan fingerprint density at radius 3 is 2.16 bits per heavy atom. The average Bonchev–Trinajstić information content (AvgIpc) is 2.33. The van der Waals surface area contributed by atoms with Crippen molar-refractivity contribution in [2.75, 3.05) is 6.61 Å². The minimum atomic E-state index is -0.210. The standard InChI is InChI=1S/C17H32O2/c1-5-6-7-8-9-10-11-12-13-14-16(18)19-15-17(2,3)4/h13-14H,5-12,15H2,1-4H3. The average molecular weight is 268 g/mol. The quantitative estimate of drug-likeness (QED) is 0.306. The van der Waals surface area contributed by atoms with Crippen LogP contribution in [0.25, 0.3) is 0 Å². The fourth-order valence-corrected chi connectivity index (χ4v) is 1.73. The van der Waals surface area contributed by atoms with E-state index < -0.39 is 0 Å². The smallest absolute Gasteiger partial charge is 0.330 e. The third-order valence-corrected chi connectivity index (χ3v) is 2.88. The second-order valence-corrected chi connectivity index (χ2v) is 6.48. The number of hydrogen-bond acceptors (Lipinski definition) is 2. The van der Waals surface area contributed by atoms with Gasteiger partial charge in [-0.1, -0.05) is 72.3 Å². The summed E-state index contributed by atoms with van der Waals surface area (Å²) in [7, 11) is 0. The van der Waals surface area contributed by atoms with Crippen LogP contribution >= 0.6 is 0 Å². The molecule has 112 valence electrons. The van der Waals surface area contributed by atoms with E-state index in [4.69, 9.17) is 4.74 Å². The molecule has 0 aromatic heterocycles. The normalized spacial score (nSPS) is 12.0. The van der Waals surface area contributed by atoms with Crippen LogP contribution in [-0.4, -0.2) is 12.6 Å². The monoisotopic (exact) mass is 268 g/mol. The van der Waals surface area contributed by atoms with Gasteiger partial charge in [-0.2, -0.15) is 0 Å². The van der Waals surface area contributed by atoms with Crippen LogP contribution in [0.4, 0.5) is 0 Å². The van der Waals surface area contributed by atoms with E-state index in [0.29, 0.717) is 6.61 Å². The number of esters is 1. The third kappa shape index (κ3) is 15.2. The van der Waals surface area contributed by atoms with Gasteiger partial charge in [-0.05, 0) is 18.3 Å². The Hall–Kier alpha value is -0.790. The van der Waals surface area contributed by atoms with Gasteiger partial charge in [0.05, 0.1) is 6.61 Å². The zero-order valence-corrected chi connectivity index (χ0v) is 13.3. The Morgan fingerprint density at radius 2 is 1.58 bits per heavy atom. The van der Waals surface area contributed by atoms with E-state index in [1.807, 2.05) is 6.08 Å². The van der Waals surface area contributed by atoms with Crippen molar-refractivity contribution in [2.24, 2.45) is 5.41 Å². The minimum Gasteiger partial charge on any atom is -0.462 e. The molecule has 2 heteroatoms. The molecule has 0 aliphatic heterocycles. The Kier molecular flexibility index (Phi) is 10.6. The molecule has 0 N–H and O–H groups in total. The molecule has 0 radical (unpaired) electrons. The van der Waals surface area contributed by atoms with Crippen molar-refractivity contribution < 1.29 is 9.53 Å². The van der Waals surface area contributed by atoms with Crippen LogP contribution < -0.4 is 0 Å². The summed E-state index contributed by atoms with van der Waals surface area (Å²) in [5.41, 5.74) is 0.0436. The summed E-state index contributed by atoms with van der Waals surface area (Å²) in [6.45, 7) is 8.89. The number of unbranched alkanes of at least 4 members (excludes halogenated alkanes) is 7. The SMILES string of the molecule is CCCCCCCCCC=CC(=O)OCC(C)(C)C. The van der Waals surface area contributed by atoms with E-state index in [1.54, 1.807) is 6.08 Å². The predicted octanol–water partition coefficient (Wildman–Crippen LogP) is 5.27. The van der Waals surface area contributed by atoms with Crippen LogP contribution in [-0.2, 0) is 9.53 Å². The van der Waals surface area contributed by atoms with Gasteiger partial charge in [-0.3, -0.25) is 0 Å². The zero-order chi connectivity index (χ0) is 14.6. The lowest BCUT2D eigenvalue weighted by Crippen LogP contribution is -2.17. The fraction of sp³-hybridized carbons (Fsp3) is 0.824. The largest absolute Gasteiger partial charge is 0.462 e. The van der Waals surface area contributed by atoms with Crippen molar-refractivity contribution >= 4 is 5.97 Å². The summed E-state index contributed by atoms with van der Waals surface area (Å²) >= 11 is 0. The molecule has 2 nitrogen and oxygen atoms in total. The highest BCUT2D eigenvalue weighted by atomic mass is 16.5. The van der Waals surface area contributed by atoms with Crippen molar-refractivity contribution in [2.45, 2.75) is 79.1 Å². The van der Waals surface area contributed by atoms with E-state index in [9.17, 15) is 4.79 Å². The van der Waals surface area contributed by atoms with Crippen LogP contribution in [0, 0.1) is 5.41 Å². The van der Waals surface area contributed by atoms with Gasteiger partial charge in [0.2, 0.25) is 0 Å².